The van der Waals surface area contributed by atoms with Crippen molar-refractivity contribution in [1.82, 2.24) is 0 Å². The molecule has 0 N–H and O–H groups in total. The van der Waals surface area contributed by atoms with Gasteiger partial charge in [0, 0.05) is 6.08 Å². The number of carbonyl (C=O) groups is 1. The predicted molar refractivity (Wildman–Crippen MR) is 126 cm³/mol. The lowest BCUT2D eigenvalue weighted by Crippen LogP contribution is -2.01. The number of rotatable bonds is 22. The molecule has 0 bridgehead atoms. The molecule has 0 aliphatic carbocycles. The average molecular weight is 450 g/mol. The van der Waals surface area contributed by atoms with Gasteiger partial charge in [0.05, 0.1) is 20.6 Å². The van der Waals surface area contributed by atoms with E-state index in [1.54, 1.807) is 0 Å². The summed E-state index contributed by atoms with van der Waals surface area (Å²) in [5.74, 6) is -0.306. The number of carbonyl (C=O) groups excluding carboxylic acids is 1. The number of esters is 1. The maximum Gasteiger partial charge on any atom is 0.330 e. The molecule has 0 heterocycles. The Kier molecular flexibility index (Phi) is 23.3. The zero-order valence-electron chi connectivity index (χ0n) is 17.9. The monoisotopic (exact) mass is 448 g/mol. The van der Waals surface area contributed by atoms with Gasteiger partial charge in [-0.15, -0.1) is 23.2 Å². The summed E-state index contributed by atoms with van der Waals surface area (Å²) in [5, 5.41) is 0. The highest BCUT2D eigenvalue weighted by atomic mass is 35.5. The van der Waals surface area contributed by atoms with Crippen LogP contribution in [0.1, 0.15) is 109 Å². The van der Waals surface area contributed by atoms with Crippen LogP contribution in [0.5, 0.6) is 0 Å². The minimum atomic E-state index is -0.306. The van der Waals surface area contributed by atoms with Gasteiger partial charge in [0.25, 0.3) is 0 Å². The minimum absolute atomic E-state index is 0.146. The normalized spacial score (nSPS) is 11.1. The largest absolute Gasteiger partial charge is 0.463 e. The highest BCUT2D eigenvalue weighted by Gasteiger charge is 2.00. The number of hydrogen-bond acceptors (Lipinski definition) is 2. The van der Waals surface area contributed by atoms with Crippen molar-refractivity contribution in [2.75, 3.05) is 6.61 Å². The van der Waals surface area contributed by atoms with Crippen LogP contribution in [0.3, 0.4) is 0 Å². The number of hydrogen-bond donors (Lipinski definition) is 0. The maximum atomic E-state index is 10.9. The highest BCUT2D eigenvalue weighted by molar-refractivity contribution is 6.68. The summed E-state index contributed by atoms with van der Waals surface area (Å²) in [6, 6.07) is 1.20. The molecular weight excluding hydrogens is 407 g/mol. The summed E-state index contributed by atoms with van der Waals surface area (Å²) < 4.78 is 4.82. The Labute approximate surface area is 187 Å². The summed E-state index contributed by atoms with van der Waals surface area (Å²) in [7, 11) is 0.712. The Bertz CT molecular complexity index is 351. The lowest BCUT2D eigenvalue weighted by Gasteiger charge is -2.04. The molecule has 0 fully saturated rings. The third-order valence-electron chi connectivity index (χ3n) is 5.03. The fourth-order valence-electron chi connectivity index (χ4n) is 3.32. The summed E-state index contributed by atoms with van der Waals surface area (Å²) in [6.45, 7) is 3.92. The van der Waals surface area contributed by atoms with Crippen molar-refractivity contribution in [3.8, 4) is 0 Å². The Balaban J connectivity index is 3.03. The van der Waals surface area contributed by atoms with Crippen LogP contribution in [0.25, 0.3) is 0 Å². The van der Waals surface area contributed by atoms with E-state index >= 15 is 0 Å². The number of halogens is 2. The second kappa shape index (κ2) is 23.3. The molecule has 0 unspecified atom stereocenters. The molecule has 0 amide bonds. The first kappa shape index (κ1) is 28.0. The van der Waals surface area contributed by atoms with Crippen LogP contribution in [-0.4, -0.2) is 26.6 Å². The molecule has 0 saturated heterocycles. The lowest BCUT2D eigenvalue weighted by molar-refractivity contribution is -0.137. The molecule has 0 spiro atoms. The first-order valence-corrected chi connectivity index (χ1v) is 13.6. The molecule has 0 saturated carbocycles. The smallest absolute Gasteiger partial charge is 0.330 e. The molecule has 0 atom stereocenters. The van der Waals surface area contributed by atoms with Gasteiger partial charge in [0.15, 0.2) is 0 Å². The first-order valence-electron chi connectivity index (χ1n) is 11.5. The van der Waals surface area contributed by atoms with Crippen LogP contribution in [-0.2, 0) is 9.53 Å². The zero-order valence-corrected chi connectivity index (χ0v) is 20.4. The van der Waals surface area contributed by atoms with Crippen LogP contribution in [0.4, 0.5) is 0 Å². The predicted octanol–water partition coefficient (Wildman–Crippen LogP) is 8.23. The van der Waals surface area contributed by atoms with Gasteiger partial charge in [-0.1, -0.05) is 115 Å². The third-order valence-corrected chi connectivity index (χ3v) is 6.91. The Morgan fingerprint density at radius 3 is 1.43 bits per heavy atom. The van der Waals surface area contributed by atoms with Crippen molar-refractivity contribution in [3.63, 3.8) is 0 Å². The molecule has 5 heteroatoms. The van der Waals surface area contributed by atoms with Gasteiger partial charge in [0.1, 0.15) is 0 Å². The number of unbranched alkanes of at least 4 members (excludes halogenated alkanes) is 16. The lowest BCUT2D eigenvalue weighted by atomic mass is 10.0. The molecule has 0 aromatic carbocycles. The average Bonchev–Trinajstić information content (AvgIpc) is 2.68. The topological polar surface area (TPSA) is 26.3 Å². The van der Waals surface area contributed by atoms with Crippen LogP contribution in [0, 0.1) is 0 Å². The summed E-state index contributed by atoms with van der Waals surface area (Å²) >= 11 is 11.5. The van der Waals surface area contributed by atoms with E-state index in [0.717, 1.165) is 12.8 Å². The molecule has 0 aliphatic heterocycles. The number of ether oxygens (including phenoxy) is 1. The van der Waals surface area contributed by atoms with Gasteiger partial charge in [0.2, 0.25) is 0 Å². The van der Waals surface area contributed by atoms with E-state index in [-0.39, 0.29) is 10.4 Å². The van der Waals surface area contributed by atoms with E-state index in [4.69, 9.17) is 27.9 Å². The van der Waals surface area contributed by atoms with Crippen LogP contribution in [0.15, 0.2) is 12.7 Å². The van der Waals surface area contributed by atoms with Crippen molar-refractivity contribution in [3.05, 3.63) is 12.7 Å². The van der Waals surface area contributed by atoms with Crippen molar-refractivity contribution in [2.24, 2.45) is 0 Å². The summed E-state index contributed by atoms with van der Waals surface area (Å²) in [5.41, 5.74) is 0. The standard InChI is InChI=1S/C23H42Cl2O2Si/c1-2-22(26)27-20-18-16-14-12-10-8-6-4-3-5-7-9-11-13-15-17-19-21-28-23(24)25/h2,23H,1,3-21H2. The van der Waals surface area contributed by atoms with E-state index in [9.17, 15) is 4.79 Å². The third kappa shape index (κ3) is 24.0. The molecule has 0 aliphatic rings. The molecule has 0 rings (SSSR count). The van der Waals surface area contributed by atoms with Crippen molar-refractivity contribution >= 4 is 38.7 Å². The second-order valence-electron chi connectivity index (χ2n) is 7.64. The van der Waals surface area contributed by atoms with E-state index in [1.807, 2.05) is 0 Å². The Hall–Kier alpha value is 0.00688. The molecule has 2 radical (unpaired) electrons. The van der Waals surface area contributed by atoms with E-state index in [0.29, 0.717) is 16.1 Å². The first-order chi connectivity index (χ1) is 13.7. The maximum absolute atomic E-state index is 10.9. The summed E-state index contributed by atoms with van der Waals surface area (Å²) in [6.07, 6.45) is 23.9. The second-order valence-corrected chi connectivity index (χ2v) is 11.0. The van der Waals surface area contributed by atoms with E-state index in [1.165, 1.54) is 108 Å². The molecule has 164 valence electrons. The fourth-order valence-corrected chi connectivity index (χ4v) is 4.65. The van der Waals surface area contributed by atoms with Crippen LogP contribution in [0.2, 0.25) is 6.04 Å². The van der Waals surface area contributed by atoms with Crippen molar-refractivity contribution in [1.29, 1.82) is 0 Å². The highest BCUT2D eigenvalue weighted by Crippen LogP contribution is 2.14. The van der Waals surface area contributed by atoms with Crippen LogP contribution < -0.4 is 0 Å². The van der Waals surface area contributed by atoms with Gasteiger partial charge in [-0.3, -0.25) is 0 Å². The molecule has 2 nitrogen and oxygen atoms in total. The minimum Gasteiger partial charge on any atom is -0.463 e. The van der Waals surface area contributed by atoms with Gasteiger partial charge >= 0.3 is 5.97 Å². The van der Waals surface area contributed by atoms with E-state index < -0.39 is 0 Å². The van der Waals surface area contributed by atoms with Gasteiger partial charge in [-0.2, -0.15) is 0 Å². The van der Waals surface area contributed by atoms with Crippen molar-refractivity contribution < 1.29 is 9.53 Å². The molecule has 0 aromatic rings. The molecule has 0 aromatic heterocycles. The van der Waals surface area contributed by atoms with E-state index in [2.05, 4.69) is 6.58 Å². The molecular formula is C23H42Cl2O2Si. The van der Waals surface area contributed by atoms with Gasteiger partial charge in [-0.25, -0.2) is 4.79 Å². The van der Waals surface area contributed by atoms with Crippen molar-refractivity contribution in [2.45, 2.75) is 120 Å². The Morgan fingerprint density at radius 2 is 1.07 bits per heavy atom. The SMILES string of the molecule is C=CC(=O)OCCCCCCCCCCCCCCCCCCC[Si]C(Cl)Cl. The quantitative estimate of drug-likeness (QED) is 0.0547. The fraction of sp³-hybridized carbons (Fsp3) is 0.870. The van der Waals surface area contributed by atoms with Gasteiger partial charge < -0.3 is 4.74 Å². The summed E-state index contributed by atoms with van der Waals surface area (Å²) in [4.78, 5) is 10.9. The zero-order chi connectivity index (χ0) is 20.7. The Morgan fingerprint density at radius 1 is 0.714 bits per heavy atom. The number of alkyl halides is 2. The molecule has 28 heavy (non-hydrogen) atoms. The van der Waals surface area contributed by atoms with Crippen LogP contribution >= 0.6 is 23.2 Å². The van der Waals surface area contributed by atoms with Gasteiger partial charge in [-0.05, 0) is 6.42 Å².